The Bertz CT molecular complexity index is 1080. The molecule has 0 radical (unpaired) electrons. The molecule has 0 atom stereocenters. The van der Waals surface area contributed by atoms with E-state index in [1.54, 1.807) is 6.07 Å². The third kappa shape index (κ3) is 3.06. The molecule has 1 aliphatic heterocycles. The van der Waals surface area contributed by atoms with E-state index in [2.05, 4.69) is 5.10 Å². The van der Waals surface area contributed by atoms with Gasteiger partial charge in [0, 0.05) is 19.3 Å². The lowest BCUT2D eigenvalue weighted by Crippen LogP contribution is -2.35. The maximum atomic E-state index is 12.8. The minimum atomic E-state index is -3.58. The van der Waals surface area contributed by atoms with Crippen LogP contribution in [0, 0.1) is 0 Å². The number of fused-ring (bicyclic) bond motifs is 1. The highest BCUT2D eigenvalue weighted by atomic mass is 32.2. The second-order valence-corrected chi connectivity index (χ2v) is 8.42. The van der Waals surface area contributed by atoms with E-state index in [4.69, 9.17) is 0 Å². The third-order valence-electron chi connectivity index (χ3n) is 4.68. The largest absolute Gasteiger partial charge is 0.350 e. The van der Waals surface area contributed by atoms with Gasteiger partial charge in [0.15, 0.2) is 5.65 Å². The molecule has 7 nitrogen and oxygen atoms in total. The molecular weight excluding hydrogens is 352 g/mol. The van der Waals surface area contributed by atoms with Crippen molar-refractivity contribution in [1.29, 1.82) is 0 Å². The molecule has 26 heavy (non-hydrogen) atoms. The standard InChI is InChI=1S/C18H20N4O3S/c23-18-21-14-16(26(24,25)20-11-5-2-6-12-20)9-10-17(21)19-22(18)13-15-7-3-1-4-8-15/h1,3-4,7-10,14H,2,5-6,11-13H2. The summed E-state index contributed by atoms with van der Waals surface area (Å²) in [5.41, 5.74) is 1.04. The number of hydrogen-bond acceptors (Lipinski definition) is 4. The van der Waals surface area contributed by atoms with Crippen molar-refractivity contribution in [1.82, 2.24) is 18.5 Å². The Kier molecular flexibility index (Phi) is 4.37. The molecule has 0 amide bonds. The summed E-state index contributed by atoms with van der Waals surface area (Å²) in [5, 5.41) is 4.30. The summed E-state index contributed by atoms with van der Waals surface area (Å²) in [4.78, 5) is 12.8. The van der Waals surface area contributed by atoms with Gasteiger partial charge in [-0.15, -0.1) is 5.10 Å². The van der Waals surface area contributed by atoms with Crippen LogP contribution in [0.25, 0.3) is 5.65 Å². The first kappa shape index (κ1) is 17.0. The minimum Gasteiger partial charge on any atom is -0.249 e. The molecule has 1 aliphatic rings. The molecule has 1 fully saturated rings. The van der Waals surface area contributed by atoms with Gasteiger partial charge in [0.2, 0.25) is 10.0 Å². The van der Waals surface area contributed by atoms with Gasteiger partial charge in [0.25, 0.3) is 0 Å². The number of sulfonamides is 1. The summed E-state index contributed by atoms with van der Waals surface area (Å²) in [7, 11) is -3.58. The molecule has 0 spiro atoms. The second kappa shape index (κ2) is 6.69. The van der Waals surface area contributed by atoms with Gasteiger partial charge in [-0.3, -0.25) is 0 Å². The van der Waals surface area contributed by atoms with Crippen LogP contribution in [0.5, 0.6) is 0 Å². The Hall–Kier alpha value is -2.45. The van der Waals surface area contributed by atoms with E-state index in [1.165, 1.54) is 25.7 Å². The summed E-state index contributed by atoms with van der Waals surface area (Å²) < 4.78 is 29.8. The fraction of sp³-hybridized carbons (Fsp3) is 0.333. The molecule has 0 N–H and O–H groups in total. The van der Waals surface area contributed by atoms with E-state index in [0.29, 0.717) is 25.3 Å². The Morgan fingerprint density at radius 3 is 2.42 bits per heavy atom. The number of piperidine rings is 1. The van der Waals surface area contributed by atoms with E-state index in [0.717, 1.165) is 24.8 Å². The van der Waals surface area contributed by atoms with Crippen molar-refractivity contribution in [3.8, 4) is 0 Å². The van der Waals surface area contributed by atoms with Gasteiger partial charge in [-0.1, -0.05) is 36.8 Å². The highest BCUT2D eigenvalue weighted by Gasteiger charge is 2.26. The predicted molar refractivity (Wildman–Crippen MR) is 97.6 cm³/mol. The van der Waals surface area contributed by atoms with Crippen LogP contribution in [0.3, 0.4) is 0 Å². The molecule has 136 valence electrons. The van der Waals surface area contributed by atoms with Crippen LogP contribution in [-0.4, -0.2) is 40.0 Å². The molecule has 2 aromatic heterocycles. The lowest BCUT2D eigenvalue weighted by Gasteiger charge is -2.25. The van der Waals surface area contributed by atoms with Crippen LogP contribution in [-0.2, 0) is 16.6 Å². The van der Waals surface area contributed by atoms with Crippen molar-refractivity contribution in [2.24, 2.45) is 0 Å². The van der Waals surface area contributed by atoms with Crippen LogP contribution < -0.4 is 5.69 Å². The van der Waals surface area contributed by atoms with Gasteiger partial charge in [-0.2, -0.15) is 4.31 Å². The Morgan fingerprint density at radius 1 is 0.962 bits per heavy atom. The first-order chi connectivity index (χ1) is 12.6. The number of benzene rings is 1. The number of hydrogen-bond donors (Lipinski definition) is 0. The molecule has 0 saturated carbocycles. The molecule has 4 rings (SSSR count). The second-order valence-electron chi connectivity index (χ2n) is 6.48. The number of nitrogens with zero attached hydrogens (tertiary/aromatic N) is 4. The summed E-state index contributed by atoms with van der Waals surface area (Å²) in [6.45, 7) is 1.40. The minimum absolute atomic E-state index is 0.133. The number of rotatable bonds is 4. The van der Waals surface area contributed by atoms with Gasteiger partial charge >= 0.3 is 5.69 Å². The highest BCUT2D eigenvalue weighted by Crippen LogP contribution is 2.20. The maximum Gasteiger partial charge on any atom is 0.350 e. The lowest BCUT2D eigenvalue weighted by atomic mass is 10.2. The van der Waals surface area contributed by atoms with Gasteiger partial charge in [0.1, 0.15) is 0 Å². The summed E-state index contributed by atoms with van der Waals surface area (Å²) in [5.74, 6) is 0. The zero-order valence-corrected chi connectivity index (χ0v) is 15.1. The topological polar surface area (TPSA) is 76.7 Å². The Balaban J connectivity index is 1.71. The molecule has 0 aliphatic carbocycles. The van der Waals surface area contributed by atoms with Gasteiger partial charge < -0.3 is 0 Å². The van der Waals surface area contributed by atoms with E-state index in [-0.39, 0.29) is 10.6 Å². The molecular formula is C18H20N4O3S. The van der Waals surface area contributed by atoms with Crippen molar-refractivity contribution in [3.05, 3.63) is 64.7 Å². The summed E-state index contributed by atoms with van der Waals surface area (Å²) in [6, 6.07) is 12.7. The molecule has 1 saturated heterocycles. The van der Waals surface area contributed by atoms with Crippen LogP contribution in [0.15, 0.2) is 58.4 Å². The molecule has 0 bridgehead atoms. The number of aromatic nitrogens is 3. The van der Waals surface area contributed by atoms with Gasteiger partial charge in [0.05, 0.1) is 11.4 Å². The van der Waals surface area contributed by atoms with Crippen molar-refractivity contribution >= 4 is 15.7 Å². The molecule has 0 unspecified atom stereocenters. The predicted octanol–water partition coefficient (Wildman–Crippen LogP) is 1.72. The fourth-order valence-corrected chi connectivity index (χ4v) is 4.78. The summed E-state index contributed by atoms with van der Waals surface area (Å²) >= 11 is 0. The van der Waals surface area contributed by atoms with Crippen LogP contribution >= 0.6 is 0 Å². The van der Waals surface area contributed by atoms with Crippen LogP contribution in [0.4, 0.5) is 0 Å². The molecule has 3 aromatic rings. The lowest BCUT2D eigenvalue weighted by molar-refractivity contribution is 0.346. The average Bonchev–Trinajstić information content (AvgIpc) is 2.98. The highest BCUT2D eigenvalue weighted by molar-refractivity contribution is 7.89. The van der Waals surface area contributed by atoms with Crippen molar-refractivity contribution in [3.63, 3.8) is 0 Å². The van der Waals surface area contributed by atoms with Gasteiger partial charge in [-0.25, -0.2) is 22.3 Å². The average molecular weight is 372 g/mol. The first-order valence-corrected chi connectivity index (χ1v) is 10.1. The van der Waals surface area contributed by atoms with Crippen LogP contribution in [0.1, 0.15) is 24.8 Å². The van der Waals surface area contributed by atoms with Crippen LogP contribution in [0.2, 0.25) is 0 Å². The smallest absolute Gasteiger partial charge is 0.249 e. The Labute approximate surface area is 151 Å². The molecule has 8 heteroatoms. The monoisotopic (exact) mass is 372 g/mol. The Morgan fingerprint density at radius 2 is 1.69 bits per heavy atom. The van der Waals surface area contributed by atoms with E-state index in [9.17, 15) is 13.2 Å². The fourth-order valence-electron chi connectivity index (χ4n) is 3.27. The maximum absolute atomic E-state index is 12.8. The molecule has 1 aromatic carbocycles. The third-order valence-corrected chi connectivity index (χ3v) is 6.56. The van der Waals surface area contributed by atoms with E-state index in [1.807, 2.05) is 30.3 Å². The van der Waals surface area contributed by atoms with Gasteiger partial charge in [-0.05, 0) is 30.5 Å². The van der Waals surface area contributed by atoms with Crippen molar-refractivity contribution in [2.75, 3.05) is 13.1 Å². The van der Waals surface area contributed by atoms with Crippen molar-refractivity contribution < 1.29 is 8.42 Å². The SMILES string of the molecule is O=c1n(Cc2ccccc2)nc2ccc(S(=O)(=O)N3CCCCC3)cn12. The zero-order chi connectivity index (χ0) is 18.1. The number of pyridine rings is 1. The van der Waals surface area contributed by atoms with E-state index < -0.39 is 10.0 Å². The zero-order valence-electron chi connectivity index (χ0n) is 14.3. The normalized spacial score (nSPS) is 16.2. The van der Waals surface area contributed by atoms with E-state index >= 15 is 0 Å². The molecule has 3 heterocycles. The summed E-state index contributed by atoms with van der Waals surface area (Å²) in [6.07, 6.45) is 4.18. The van der Waals surface area contributed by atoms with Crippen molar-refractivity contribution in [2.45, 2.75) is 30.7 Å². The quantitative estimate of drug-likeness (QED) is 0.699. The first-order valence-electron chi connectivity index (χ1n) is 8.69.